The summed E-state index contributed by atoms with van der Waals surface area (Å²) in [5.74, 6) is 0.871. The van der Waals surface area contributed by atoms with E-state index in [0.29, 0.717) is 6.04 Å². The first-order chi connectivity index (χ1) is 7.15. The van der Waals surface area contributed by atoms with Crippen molar-refractivity contribution in [3.63, 3.8) is 0 Å². The van der Waals surface area contributed by atoms with Crippen molar-refractivity contribution >= 4 is 0 Å². The number of nitrogens with zero attached hydrogens (tertiary/aromatic N) is 1. The lowest BCUT2D eigenvalue weighted by Gasteiger charge is -2.33. The molecule has 0 saturated heterocycles. The molecule has 0 spiro atoms. The second kappa shape index (κ2) is 6.49. The van der Waals surface area contributed by atoms with Crippen LogP contribution >= 0.6 is 0 Å². The summed E-state index contributed by atoms with van der Waals surface area (Å²) < 4.78 is 0. The molecule has 0 radical (unpaired) electrons. The summed E-state index contributed by atoms with van der Waals surface area (Å²) in [5.41, 5.74) is 0. The van der Waals surface area contributed by atoms with E-state index >= 15 is 0 Å². The maximum atomic E-state index is 9.78. The van der Waals surface area contributed by atoms with Crippen LogP contribution in [0.2, 0.25) is 0 Å². The van der Waals surface area contributed by atoms with Gasteiger partial charge < -0.3 is 10.0 Å². The monoisotopic (exact) mass is 213 g/mol. The normalized spacial score (nSPS) is 23.0. The second-order valence-electron chi connectivity index (χ2n) is 5.16. The predicted octanol–water partition coefficient (Wildman–Crippen LogP) is 2.66. The molecule has 0 aromatic carbocycles. The summed E-state index contributed by atoms with van der Waals surface area (Å²) in [5, 5.41) is 9.78. The van der Waals surface area contributed by atoms with Crippen LogP contribution in [0, 0.1) is 5.92 Å². The molecule has 0 heterocycles. The zero-order chi connectivity index (χ0) is 11.3. The van der Waals surface area contributed by atoms with Gasteiger partial charge in [-0.3, -0.25) is 0 Å². The van der Waals surface area contributed by atoms with Gasteiger partial charge in [-0.25, -0.2) is 0 Å². The van der Waals surface area contributed by atoms with Gasteiger partial charge in [0.25, 0.3) is 0 Å². The molecule has 15 heavy (non-hydrogen) atoms. The third kappa shape index (κ3) is 4.12. The van der Waals surface area contributed by atoms with Crippen LogP contribution in [0.15, 0.2) is 0 Å². The molecule has 1 rings (SSSR count). The Morgan fingerprint density at radius 1 is 1.27 bits per heavy atom. The third-order valence-electron chi connectivity index (χ3n) is 3.94. The van der Waals surface area contributed by atoms with Gasteiger partial charge >= 0.3 is 0 Å². The number of aliphatic hydroxyl groups excluding tert-OH is 1. The van der Waals surface area contributed by atoms with Gasteiger partial charge in [0.1, 0.15) is 0 Å². The average molecular weight is 213 g/mol. The minimum atomic E-state index is -0.168. The standard InChI is InChI=1S/C13H27NO/c1-4-13(15)11(2)14(3)10-12-8-6-5-7-9-12/h11-13,15H,4-10H2,1-3H3. The Bertz CT molecular complexity index is 166. The van der Waals surface area contributed by atoms with Crippen molar-refractivity contribution in [1.29, 1.82) is 0 Å². The van der Waals surface area contributed by atoms with Gasteiger partial charge in [0.15, 0.2) is 0 Å². The summed E-state index contributed by atoms with van der Waals surface area (Å²) in [6.45, 7) is 5.35. The largest absolute Gasteiger partial charge is 0.392 e. The molecule has 0 amide bonds. The highest BCUT2D eigenvalue weighted by Crippen LogP contribution is 2.24. The van der Waals surface area contributed by atoms with E-state index in [1.54, 1.807) is 0 Å². The molecule has 2 heteroatoms. The Balaban J connectivity index is 2.29. The summed E-state index contributed by atoms with van der Waals surface area (Å²) >= 11 is 0. The van der Waals surface area contributed by atoms with Crippen molar-refractivity contribution in [2.24, 2.45) is 5.92 Å². The van der Waals surface area contributed by atoms with Crippen LogP contribution < -0.4 is 0 Å². The topological polar surface area (TPSA) is 23.5 Å². The number of likely N-dealkylation sites (N-methyl/N-ethyl adjacent to an activating group) is 1. The molecule has 1 fully saturated rings. The number of aliphatic hydroxyl groups is 1. The van der Waals surface area contributed by atoms with Crippen molar-refractivity contribution in [2.45, 2.75) is 64.5 Å². The Hall–Kier alpha value is -0.0800. The zero-order valence-corrected chi connectivity index (χ0v) is 10.6. The number of rotatable bonds is 5. The molecule has 2 nitrogen and oxygen atoms in total. The maximum absolute atomic E-state index is 9.78. The fourth-order valence-corrected chi connectivity index (χ4v) is 2.58. The molecule has 1 aliphatic carbocycles. The molecule has 2 atom stereocenters. The lowest BCUT2D eigenvalue weighted by Crippen LogP contribution is -2.41. The lowest BCUT2D eigenvalue weighted by molar-refractivity contribution is 0.0585. The summed E-state index contributed by atoms with van der Waals surface area (Å²) in [6, 6.07) is 0.303. The Kier molecular flexibility index (Phi) is 5.62. The van der Waals surface area contributed by atoms with Crippen LogP contribution in [0.4, 0.5) is 0 Å². The molecule has 1 saturated carbocycles. The van der Waals surface area contributed by atoms with Crippen molar-refractivity contribution < 1.29 is 5.11 Å². The third-order valence-corrected chi connectivity index (χ3v) is 3.94. The fourth-order valence-electron chi connectivity index (χ4n) is 2.58. The van der Waals surface area contributed by atoms with Gasteiger partial charge in [-0.15, -0.1) is 0 Å². The summed E-state index contributed by atoms with van der Waals surface area (Å²) in [6.07, 6.45) is 7.70. The van der Waals surface area contributed by atoms with Crippen LogP contribution in [-0.4, -0.2) is 35.7 Å². The van der Waals surface area contributed by atoms with Gasteiger partial charge in [-0.05, 0) is 39.2 Å². The smallest absolute Gasteiger partial charge is 0.0690 e. The number of hydrogen-bond acceptors (Lipinski definition) is 2. The summed E-state index contributed by atoms with van der Waals surface area (Å²) in [4.78, 5) is 2.34. The van der Waals surface area contributed by atoms with E-state index in [4.69, 9.17) is 0 Å². The Morgan fingerprint density at radius 2 is 1.87 bits per heavy atom. The van der Waals surface area contributed by atoms with E-state index in [2.05, 4.69) is 25.8 Å². The van der Waals surface area contributed by atoms with Crippen molar-refractivity contribution in [3.8, 4) is 0 Å². The Labute approximate surface area is 94.7 Å². The van der Waals surface area contributed by atoms with Gasteiger partial charge in [0, 0.05) is 12.6 Å². The molecule has 90 valence electrons. The fraction of sp³-hybridized carbons (Fsp3) is 1.00. The molecule has 1 aliphatic rings. The molecule has 0 bridgehead atoms. The molecular weight excluding hydrogens is 186 g/mol. The molecule has 1 N–H and O–H groups in total. The highest BCUT2D eigenvalue weighted by Gasteiger charge is 2.21. The first-order valence-electron chi connectivity index (χ1n) is 6.53. The second-order valence-corrected chi connectivity index (χ2v) is 5.16. The van der Waals surface area contributed by atoms with Gasteiger partial charge in [0.05, 0.1) is 6.10 Å². The SMILES string of the molecule is CCC(O)C(C)N(C)CC1CCCCC1. The highest BCUT2D eigenvalue weighted by molar-refractivity contribution is 4.75. The van der Waals surface area contributed by atoms with Gasteiger partial charge in [-0.1, -0.05) is 26.2 Å². The first-order valence-corrected chi connectivity index (χ1v) is 6.53. The Morgan fingerprint density at radius 3 is 2.40 bits per heavy atom. The van der Waals surface area contributed by atoms with E-state index in [0.717, 1.165) is 18.9 Å². The molecule has 0 aromatic rings. The highest BCUT2D eigenvalue weighted by atomic mass is 16.3. The van der Waals surface area contributed by atoms with Crippen LogP contribution in [0.1, 0.15) is 52.4 Å². The van der Waals surface area contributed by atoms with E-state index in [9.17, 15) is 5.11 Å². The van der Waals surface area contributed by atoms with E-state index < -0.39 is 0 Å². The minimum Gasteiger partial charge on any atom is -0.392 e. The summed E-state index contributed by atoms with van der Waals surface area (Å²) in [7, 11) is 2.15. The molecular formula is C13H27NO. The van der Waals surface area contributed by atoms with Crippen molar-refractivity contribution in [2.75, 3.05) is 13.6 Å². The van der Waals surface area contributed by atoms with Gasteiger partial charge in [0.2, 0.25) is 0 Å². The maximum Gasteiger partial charge on any atom is 0.0690 e. The van der Waals surface area contributed by atoms with Crippen LogP contribution in [-0.2, 0) is 0 Å². The van der Waals surface area contributed by atoms with Crippen LogP contribution in [0.25, 0.3) is 0 Å². The molecule has 0 aromatic heterocycles. The average Bonchev–Trinajstić information content (AvgIpc) is 2.28. The molecule has 0 aliphatic heterocycles. The quantitative estimate of drug-likeness (QED) is 0.759. The number of hydrogen-bond donors (Lipinski definition) is 1. The molecule has 2 unspecified atom stereocenters. The van der Waals surface area contributed by atoms with Gasteiger partial charge in [-0.2, -0.15) is 0 Å². The zero-order valence-electron chi connectivity index (χ0n) is 10.6. The van der Waals surface area contributed by atoms with Crippen LogP contribution in [0.3, 0.4) is 0 Å². The van der Waals surface area contributed by atoms with Crippen molar-refractivity contribution in [1.82, 2.24) is 4.90 Å². The van der Waals surface area contributed by atoms with E-state index in [-0.39, 0.29) is 6.10 Å². The predicted molar refractivity (Wildman–Crippen MR) is 65.0 cm³/mol. The lowest BCUT2D eigenvalue weighted by atomic mass is 9.88. The van der Waals surface area contributed by atoms with E-state index in [1.807, 2.05) is 0 Å². The van der Waals surface area contributed by atoms with E-state index in [1.165, 1.54) is 32.1 Å². The minimum absolute atomic E-state index is 0.168. The van der Waals surface area contributed by atoms with Crippen LogP contribution in [0.5, 0.6) is 0 Å². The first kappa shape index (κ1) is 13.0. The van der Waals surface area contributed by atoms with Crippen molar-refractivity contribution in [3.05, 3.63) is 0 Å².